The molecule has 140 valence electrons. The number of hydrogen-bond donors (Lipinski definition) is 1. The highest BCUT2D eigenvalue weighted by Gasteiger charge is 2.19. The van der Waals surface area contributed by atoms with E-state index in [4.69, 9.17) is 0 Å². The van der Waals surface area contributed by atoms with Crippen molar-refractivity contribution in [3.8, 4) is 0 Å². The number of benzene rings is 3. The molecule has 0 radical (unpaired) electrons. The maximum atomic E-state index is 12.9. The molecule has 2 unspecified atom stereocenters. The highest BCUT2D eigenvalue weighted by Crippen LogP contribution is 2.20. The van der Waals surface area contributed by atoms with E-state index in [0.29, 0.717) is 10.6 Å². The maximum absolute atomic E-state index is 12.9. The van der Waals surface area contributed by atoms with Gasteiger partial charge in [0.25, 0.3) is 0 Å². The van der Waals surface area contributed by atoms with Crippen LogP contribution in [0.4, 0.5) is 0 Å². The number of hydrogen-bond acceptors (Lipinski definition) is 2. The Kier molecular flexibility index (Phi) is 6.72. The van der Waals surface area contributed by atoms with Gasteiger partial charge in [0, 0.05) is 10.6 Å². The first-order valence-corrected chi connectivity index (χ1v) is 11.2. The van der Waals surface area contributed by atoms with Crippen LogP contribution in [-0.4, -0.2) is 14.2 Å². The molecule has 0 spiro atoms. The summed E-state index contributed by atoms with van der Waals surface area (Å²) in [6.07, 6.45) is 0. The first kappa shape index (κ1) is 19.7. The van der Waals surface area contributed by atoms with Gasteiger partial charge in [-0.25, -0.2) is 8.93 Å². The Morgan fingerprint density at radius 3 is 1.81 bits per heavy atom. The van der Waals surface area contributed by atoms with E-state index in [-0.39, 0.29) is 6.04 Å². The third-order valence-corrected chi connectivity index (χ3v) is 6.92. The van der Waals surface area contributed by atoms with Gasteiger partial charge in [-0.05, 0) is 43.7 Å². The second-order valence-corrected chi connectivity index (χ2v) is 9.23. The molecule has 0 aromatic heterocycles. The SMILES string of the molecule is Cc1ccc(S(=O)C[C@H](NS(=O)c2ccc(C)cc2)c2ccccc2)cc1. The van der Waals surface area contributed by atoms with Gasteiger partial charge in [0.1, 0.15) is 11.0 Å². The zero-order valence-corrected chi connectivity index (χ0v) is 17.1. The quantitative estimate of drug-likeness (QED) is 0.640. The van der Waals surface area contributed by atoms with Crippen LogP contribution in [0.1, 0.15) is 22.7 Å². The van der Waals surface area contributed by atoms with Gasteiger partial charge in [-0.1, -0.05) is 65.7 Å². The fraction of sp³-hybridized carbons (Fsp3) is 0.182. The van der Waals surface area contributed by atoms with Gasteiger partial charge < -0.3 is 0 Å². The third-order valence-electron chi connectivity index (χ3n) is 4.29. The molecule has 0 aliphatic rings. The smallest absolute Gasteiger partial charge is 0.125 e. The van der Waals surface area contributed by atoms with E-state index in [9.17, 15) is 8.42 Å². The molecule has 5 heteroatoms. The number of rotatable bonds is 7. The molecule has 0 aliphatic carbocycles. The molecule has 0 fully saturated rings. The Morgan fingerprint density at radius 1 is 0.741 bits per heavy atom. The minimum absolute atomic E-state index is 0.282. The van der Waals surface area contributed by atoms with Gasteiger partial charge in [0.2, 0.25) is 0 Å². The van der Waals surface area contributed by atoms with Gasteiger partial charge in [0.05, 0.1) is 21.7 Å². The van der Waals surface area contributed by atoms with Crippen LogP contribution < -0.4 is 4.72 Å². The first-order chi connectivity index (χ1) is 13.0. The second-order valence-electron chi connectivity index (χ2n) is 6.49. The monoisotopic (exact) mass is 397 g/mol. The fourth-order valence-corrected chi connectivity index (χ4v) is 4.99. The molecule has 27 heavy (non-hydrogen) atoms. The Bertz CT molecular complexity index is 863. The van der Waals surface area contributed by atoms with Crippen molar-refractivity contribution in [3.63, 3.8) is 0 Å². The minimum Gasteiger partial charge on any atom is -0.254 e. The average molecular weight is 398 g/mol. The van der Waals surface area contributed by atoms with E-state index in [2.05, 4.69) is 4.72 Å². The van der Waals surface area contributed by atoms with Crippen molar-refractivity contribution < 1.29 is 8.42 Å². The third kappa shape index (κ3) is 5.45. The van der Waals surface area contributed by atoms with Crippen LogP contribution in [0.2, 0.25) is 0 Å². The van der Waals surface area contributed by atoms with Crippen LogP contribution >= 0.6 is 0 Å². The summed E-state index contributed by atoms with van der Waals surface area (Å²) < 4.78 is 28.8. The van der Waals surface area contributed by atoms with Crippen molar-refractivity contribution in [2.75, 3.05) is 5.75 Å². The lowest BCUT2D eigenvalue weighted by atomic mass is 10.1. The summed E-state index contributed by atoms with van der Waals surface area (Å²) in [7, 11) is -2.58. The van der Waals surface area contributed by atoms with Crippen LogP contribution in [0.25, 0.3) is 0 Å². The van der Waals surface area contributed by atoms with Crippen LogP contribution in [0.3, 0.4) is 0 Å². The molecule has 0 bridgehead atoms. The van der Waals surface area contributed by atoms with E-state index in [1.54, 1.807) is 0 Å². The van der Waals surface area contributed by atoms with Crippen molar-refractivity contribution in [1.82, 2.24) is 4.72 Å². The molecule has 1 N–H and O–H groups in total. The molecular weight excluding hydrogens is 374 g/mol. The summed E-state index contributed by atoms with van der Waals surface area (Å²) in [6.45, 7) is 4.00. The van der Waals surface area contributed by atoms with Gasteiger partial charge in [-0.15, -0.1) is 0 Å². The van der Waals surface area contributed by atoms with Gasteiger partial charge >= 0.3 is 0 Å². The van der Waals surface area contributed by atoms with Crippen molar-refractivity contribution in [1.29, 1.82) is 0 Å². The fourth-order valence-electron chi connectivity index (χ4n) is 2.68. The molecule has 0 amide bonds. The van der Waals surface area contributed by atoms with Gasteiger partial charge in [-0.2, -0.15) is 0 Å². The predicted molar refractivity (Wildman–Crippen MR) is 112 cm³/mol. The van der Waals surface area contributed by atoms with Crippen LogP contribution in [0.15, 0.2) is 88.7 Å². The van der Waals surface area contributed by atoms with Crippen molar-refractivity contribution in [2.24, 2.45) is 0 Å². The summed E-state index contributed by atoms with van der Waals surface area (Å²) in [5.41, 5.74) is 3.23. The first-order valence-electron chi connectivity index (χ1n) is 8.77. The van der Waals surface area contributed by atoms with Crippen LogP contribution in [-0.2, 0) is 21.8 Å². The molecule has 3 atom stereocenters. The lowest BCUT2D eigenvalue weighted by Gasteiger charge is -2.18. The van der Waals surface area contributed by atoms with Crippen LogP contribution in [0, 0.1) is 13.8 Å². The van der Waals surface area contributed by atoms with E-state index in [0.717, 1.165) is 21.6 Å². The van der Waals surface area contributed by atoms with E-state index in [1.807, 2.05) is 92.7 Å². The van der Waals surface area contributed by atoms with Crippen molar-refractivity contribution >= 4 is 21.8 Å². The van der Waals surface area contributed by atoms with E-state index in [1.165, 1.54) is 0 Å². The van der Waals surface area contributed by atoms with Gasteiger partial charge in [0.15, 0.2) is 0 Å². The standard InChI is InChI=1S/C22H23NO2S2/c1-17-8-12-20(13-9-17)26(24)16-22(19-6-4-3-5-7-19)23-27(25)21-14-10-18(2)11-15-21/h3-15,22-23H,16H2,1-2H3/t22-,26?,27?/m0/s1. The molecule has 3 aromatic carbocycles. The summed E-state index contributed by atoms with van der Waals surface area (Å²) >= 11 is 0. The Balaban J connectivity index is 1.81. The Morgan fingerprint density at radius 2 is 1.26 bits per heavy atom. The maximum Gasteiger partial charge on any atom is 0.125 e. The summed E-state index contributed by atoms with van der Waals surface area (Å²) in [5.74, 6) is 0.352. The molecule has 3 aromatic rings. The second kappa shape index (κ2) is 9.22. The largest absolute Gasteiger partial charge is 0.254 e. The zero-order chi connectivity index (χ0) is 19.2. The molecule has 0 heterocycles. The highest BCUT2D eigenvalue weighted by atomic mass is 32.2. The average Bonchev–Trinajstić information content (AvgIpc) is 2.69. The van der Waals surface area contributed by atoms with Crippen molar-refractivity contribution in [3.05, 3.63) is 95.6 Å². The summed E-state index contributed by atoms with van der Waals surface area (Å²) in [5, 5.41) is 0. The molecule has 3 rings (SSSR count). The Hall–Kier alpha value is -2.08. The molecule has 0 saturated heterocycles. The summed E-state index contributed by atoms with van der Waals surface area (Å²) in [6, 6.07) is 24.8. The summed E-state index contributed by atoms with van der Waals surface area (Å²) in [4.78, 5) is 1.49. The lowest BCUT2D eigenvalue weighted by molar-refractivity contribution is 0.645. The minimum atomic E-state index is -1.38. The molecule has 0 aliphatic heterocycles. The molecule has 0 saturated carbocycles. The van der Waals surface area contributed by atoms with Crippen molar-refractivity contribution in [2.45, 2.75) is 29.7 Å². The Labute approximate surface area is 165 Å². The molecular formula is C22H23NO2S2. The normalized spacial score (nSPS) is 14.4. The number of nitrogens with one attached hydrogen (secondary N) is 1. The number of aryl methyl sites for hydroxylation is 2. The molecule has 3 nitrogen and oxygen atoms in total. The highest BCUT2D eigenvalue weighted by molar-refractivity contribution is 7.85. The lowest BCUT2D eigenvalue weighted by Crippen LogP contribution is -2.28. The van der Waals surface area contributed by atoms with E-state index >= 15 is 0 Å². The zero-order valence-electron chi connectivity index (χ0n) is 15.4. The van der Waals surface area contributed by atoms with E-state index < -0.39 is 21.8 Å². The van der Waals surface area contributed by atoms with Crippen LogP contribution in [0.5, 0.6) is 0 Å². The van der Waals surface area contributed by atoms with Gasteiger partial charge in [-0.3, -0.25) is 4.21 Å². The predicted octanol–water partition coefficient (Wildman–Crippen LogP) is 4.46. The topological polar surface area (TPSA) is 46.2 Å².